The molecule has 0 saturated carbocycles. The lowest BCUT2D eigenvalue weighted by Crippen LogP contribution is -2.39. The number of non-ortho nitro benzene ring substituents is 1. The molecule has 2 rings (SSSR count). The molecule has 1 aliphatic rings. The minimum Gasteiger partial charge on any atom is -0.495 e. The summed E-state index contributed by atoms with van der Waals surface area (Å²) in [5.74, 6) is -0.0358. The van der Waals surface area contributed by atoms with Crippen LogP contribution < -0.4 is 9.46 Å². The van der Waals surface area contributed by atoms with E-state index in [1.165, 1.54) is 32.4 Å². The van der Waals surface area contributed by atoms with Crippen LogP contribution in [0.25, 0.3) is 0 Å². The second kappa shape index (κ2) is 8.59. The van der Waals surface area contributed by atoms with Crippen LogP contribution >= 0.6 is 0 Å². The summed E-state index contributed by atoms with van der Waals surface area (Å²) in [5.41, 5.74) is -0.213. The van der Waals surface area contributed by atoms with Crippen LogP contribution in [-0.2, 0) is 10.0 Å². The molecule has 1 N–H and O–H groups in total. The summed E-state index contributed by atoms with van der Waals surface area (Å²) < 4.78 is 32.4. The summed E-state index contributed by atoms with van der Waals surface area (Å²) in [6.07, 6.45) is 4.34. The summed E-state index contributed by atoms with van der Waals surface area (Å²) in [5, 5.41) is 10.8. The number of nitro groups is 1. The molecule has 1 fully saturated rings. The maximum Gasteiger partial charge on any atom is 0.273 e. The number of piperidine rings is 1. The molecule has 8 nitrogen and oxygen atoms in total. The molecule has 0 bridgehead atoms. The lowest BCUT2D eigenvalue weighted by atomic mass is 10.0. The SMILES string of the molecule is COc1cc([N+](=O)[O-])ccc1S(=O)(=O)NCCCN1CCCCC1C. The summed E-state index contributed by atoms with van der Waals surface area (Å²) in [4.78, 5) is 12.5. The van der Waals surface area contributed by atoms with Crippen molar-refractivity contribution in [2.24, 2.45) is 0 Å². The number of benzene rings is 1. The number of hydrogen-bond acceptors (Lipinski definition) is 6. The van der Waals surface area contributed by atoms with E-state index >= 15 is 0 Å². The summed E-state index contributed by atoms with van der Waals surface area (Å²) in [6, 6.07) is 4.02. The number of sulfonamides is 1. The Morgan fingerprint density at radius 1 is 1.40 bits per heavy atom. The molecule has 1 heterocycles. The standard InChI is InChI=1S/C16H25N3O5S/c1-13-6-3-4-10-18(13)11-5-9-17-25(22,23)16-8-7-14(19(20)21)12-15(16)24-2/h7-8,12-13,17H,3-6,9-11H2,1-2H3. The third-order valence-corrected chi connectivity index (χ3v) is 6.00. The first-order chi connectivity index (χ1) is 11.8. The number of likely N-dealkylation sites (tertiary alicyclic amines) is 1. The minimum absolute atomic E-state index is 0.0358. The van der Waals surface area contributed by atoms with Crippen molar-refractivity contribution in [2.75, 3.05) is 26.7 Å². The van der Waals surface area contributed by atoms with Gasteiger partial charge in [-0.1, -0.05) is 6.42 Å². The topological polar surface area (TPSA) is 102 Å². The van der Waals surface area contributed by atoms with Crippen molar-refractivity contribution >= 4 is 15.7 Å². The fourth-order valence-electron chi connectivity index (χ4n) is 3.05. The quantitative estimate of drug-likeness (QED) is 0.427. The molecule has 9 heteroatoms. The van der Waals surface area contributed by atoms with Crippen LogP contribution in [0.2, 0.25) is 0 Å². The van der Waals surface area contributed by atoms with Crippen molar-refractivity contribution in [3.63, 3.8) is 0 Å². The second-order valence-electron chi connectivity index (χ2n) is 6.22. The largest absolute Gasteiger partial charge is 0.495 e. The van der Waals surface area contributed by atoms with Gasteiger partial charge in [0.05, 0.1) is 18.1 Å². The minimum atomic E-state index is -3.78. The summed E-state index contributed by atoms with van der Waals surface area (Å²) >= 11 is 0. The average Bonchev–Trinajstić information content (AvgIpc) is 2.59. The van der Waals surface area contributed by atoms with E-state index in [0.717, 1.165) is 25.2 Å². The fraction of sp³-hybridized carbons (Fsp3) is 0.625. The number of ether oxygens (including phenoxy) is 1. The van der Waals surface area contributed by atoms with Crippen LogP contribution in [0.15, 0.2) is 23.1 Å². The van der Waals surface area contributed by atoms with Crippen LogP contribution in [-0.4, -0.2) is 51.0 Å². The van der Waals surface area contributed by atoms with Crippen LogP contribution in [0.3, 0.4) is 0 Å². The Hall–Kier alpha value is -1.71. The van der Waals surface area contributed by atoms with Gasteiger partial charge in [0.15, 0.2) is 0 Å². The number of nitrogens with one attached hydrogen (secondary N) is 1. The zero-order chi connectivity index (χ0) is 18.4. The van der Waals surface area contributed by atoms with Gasteiger partial charge in [-0.05, 0) is 45.3 Å². The molecule has 0 aromatic heterocycles. The van der Waals surface area contributed by atoms with Crippen LogP contribution in [0.4, 0.5) is 5.69 Å². The lowest BCUT2D eigenvalue weighted by Gasteiger charge is -2.33. The highest BCUT2D eigenvalue weighted by atomic mass is 32.2. The predicted molar refractivity (Wildman–Crippen MR) is 94.3 cm³/mol. The van der Waals surface area contributed by atoms with E-state index in [1.54, 1.807) is 0 Å². The van der Waals surface area contributed by atoms with E-state index in [-0.39, 0.29) is 16.3 Å². The van der Waals surface area contributed by atoms with Gasteiger partial charge in [0.25, 0.3) is 5.69 Å². The van der Waals surface area contributed by atoms with E-state index < -0.39 is 14.9 Å². The highest BCUT2D eigenvalue weighted by molar-refractivity contribution is 7.89. The van der Waals surface area contributed by atoms with E-state index in [9.17, 15) is 18.5 Å². The van der Waals surface area contributed by atoms with Crippen molar-refractivity contribution in [3.8, 4) is 5.75 Å². The molecule has 25 heavy (non-hydrogen) atoms. The normalized spacial score (nSPS) is 18.9. The monoisotopic (exact) mass is 371 g/mol. The molecule has 1 aliphatic heterocycles. The Bertz CT molecular complexity index is 708. The lowest BCUT2D eigenvalue weighted by molar-refractivity contribution is -0.385. The van der Waals surface area contributed by atoms with Crippen molar-refractivity contribution in [1.82, 2.24) is 9.62 Å². The Kier molecular flexibility index (Phi) is 6.74. The number of hydrogen-bond donors (Lipinski definition) is 1. The van der Waals surface area contributed by atoms with Gasteiger partial charge in [0, 0.05) is 18.7 Å². The van der Waals surface area contributed by atoms with Gasteiger partial charge in [-0.2, -0.15) is 0 Å². The first kappa shape index (κ1) is 19.6. The maximum atomic E-state index is 12.4. The third kappa shape index (κ3) is 5.13. The van der Waals surface area contributed by atoms with Gasteiger partial charge in [0.2, 0.25) is 10.0 Å². The Morgan fingerprint density at radius 2 is 2.16 bits per heavy atom. The van der Waals surface area contributed by atoms with Gasteiger partial charge >= 0.3 is 0 Å². The molecular weight excluding hydrogens is 346 g/mol. The molecule has 1 aromatic carbocycles. The maximum absolute atomic E-state index is 12.4. The van der Waals surface area contributed by atoms with E-state index in [0.29, 0.717) is 19.0 Å². The molecule has 140 valence electrons. The van der Waals surface area contributed by atoms with Gasteiger partial charge in [-0.3, -0.25) is 10.1 Å². The van der Waals surface area contributed by atoms with Gasteiger partial charge < -0.3 is 9.64 Å². The molecule has 1 atom stereocenters. The van der Waals surface area contributed by atoms with Gasteiger partial charge in [-0.25, -0.2) is 13.1 Å². The van der Waals surface area contributed by atoms with Gasteiger partial charge in [0.1, 0.15) is 10.6 Å². The second-order valence-corrected chi connectivity index (χ2v) is 7.96. The Morgan fingerprint density at radius 3 is 2.80 bits per heavy atom. The van der Waals surface area contributed by atoms with Crippen molar-refractivity contribution in [3.05, 3.63) is 28.3 Å². The summed E-state index contributed by atoms with van der Waals surface area (Å²) in [7, 11) is -2.49. The van der Waals surface area contributed by atoms with Crippen molar-refractivity contribution < 1.29 is 18.1 Å². The Balaban J connectivity index is 1.96. The first-order valence-electron chi connectivity index (χ1n) is 8.41. The Labute approximate surface area is 148 Å². The molecular formula is C16H25N3O5S. The molecule has 1 aromatic rings. The molecule has 1 unspecified atom stereocenters. The summed E-state index contributed by atoms with van der Waals surface area (Å²) in [6.45, 7) is 4.42. The van der Waals surface area contributed by atoms with Gasteiger partial charge in [-0.15, -0.1) is 0 Å². The number of methoxy groups -OCH3 is 1. The molecule has 0 radical (unpaired) electrons. The third-order valence-electron chi connectivity index (χ3n) is 4.50. The molecule has 0 amide bonds. The van der Waals surface area contributed by atoms with Crippen LogP contribution in [0.1, 0.15) is 32.6 Å². The highest BCUT2D eigenvalue weighted by Gasteiger charge is 2.22. The zero-order valence-corrected chi connectivity index (χ0v) is 15.4. The number of rotatable bonds is 8. The van der Waals surface area contributed by atoms with Crippen LogP contribution in [0.5, 0.6) is 5.75 Å². The molecule has 0 aliphatic carbocycles. The number of nitro benzene ring substituents is 1. The first-order valence-corrected chi connectivity index (χ1v) is 9.89. The van der Waals surface area contributed by atoms with Crippen LogP contribution in [0, 0.1) is 10.1 Å². The zero-order valence-electron chi connectivity index (χ0n) is 14.6. The predicted octanol–water partition coefficient (Wildman–Crippen LogP) is 2.15. The van der Waals surface area contributed by atoms with E-state index in [2.05, 4.69) is 16.5 Å². The van der Waals surface area contributed by atoms with Crippen molar-refractivity contribution in [1.29, 1.82) is 0 Å². The average molecular weight is 371 g/mol. The number of nitrogens with zero attached hydrogens (tertiary/aromatic N) is 2. The molecule has 1 saturated heterocycles. The molecule has 0 spiro atoms. The highest BCUT2D eigenvalue weighted by Crippen LogP contribution is 2.28. The van der Waals surface area contributed by atoms with Crippen molar-refractivity contribution in [2.45, 2.75) is 43.5 Å². The smallest absolute Gasteiger partial charge is 0.273 e. The van der Waals surface area contributed by atoms with E-state index in [1.807, 2.05) is 0 Å². The van der Waals surface area contributed by atoms with E-state index in [4.69, 9.17) is 4.74 Å². The fourth-order valence-corrected chi connectivity index (χ4v) is 4.27.